The second-order valence-electron chi connectivity index (χ2n) is 7.75. The lowest BCUT2D eigenvalue weighted by molar-refractivity contribution is 0.0628. The van der Waals surface area contributed by atoms with Gasteiger partial charge in [0.1, 0.15) is 10.8 Å². The van der Waals surface area contributed by atoms with Gasteiger partial charge in [-0.3, -0.25) is 9.69 Å². The third kappa shape index (κ3) is 5.07. The predicted molar refractivity (Wildman–Crippen MR) is 121 cm³/mol. The summed E-state index contributed by atoms with van der Waals surface area (Å²) in [6.45, 7) is 8.02. The first kappa shape index (κ1) is 20.6. The number of carbonyl (C=O) groups is 1. The van der Waals surface area contributed by atoms with Crippen LogP contribution in [-0.4, -0.2) is 53.0 Å². The molecule has 1 aliphatic heterocycles. The third-order valence-corrected chi connectivity index (χ3v) is 5.95. The number of benzene rings is 2. The number of rotatable bonds is 6. The molecule has 1 amide bonds. The summed E-state index contributed by atoms with van der Waals surface area (Å²) >= 11 is 1.70. The average Bonchev–Trinajstić information content (AvgIpc) is 3.23. The van der Waals surface area contributed by atoms with Crippen LogP contribution in [0.25, 0.3) is 11.3 Å². The Morgan fingerprint density at radius 2 is 1.73 bits per heavy atom. The number of ether oxygens (including phenoxy) is 1. The summed E-state index contributed by atoms with van der Waals surface area (Å²) in [4.78, 5) is 21.9. The molecule has 0 unspecified atom stereocenters. The standard InChI is InChI=1S/C24H27N3O2S/c1-18(2)29-21-10-8-20(9-11-21)24(28)27-14-12-26(13-15-27)16-23-25-22(17-30-23)19-6-4-3-5-7-19/h3-11,17-18H,12-16H2,1-2H3. The fourth-order valence-corrected chi connectivity index (χ4v) is 4.40. The highest BCUT2D eigenvalue weighted by molar-refractivity contribution is 7.09. The van der Waals surface area contributed by atoms with Gasteiger partial charge in [-0.25, -0.2) is 4.98 Å². The van der Waals surface area contributed by atoms with Crippen LogP contribution in [0.2, 0.25) is 0 Å². The quantitative estimate of drug-likeness (QED) is 0.586. The Labute approximate surface area is 181 Å². The minimum Gasteiger partial charge on any atom is -0.491 e. The first-order valence-corrected chi connectivity index (χ1v) is 11.2. The van der Waals surface area contributed by atoms with Gasteiger partial charge in [0.15, 0.2) is 0 Å². The van der Waals surface area contributed by atoms with Crippen LogP contribution >= 0.6 is 11.3 Å². The maximum atomic E-state index is 12.8. The minimum atomic E-state index is 0.0892. The molecule has 1 fully saturated rings. The molecule has 3 aromatic rings. The Morgan fingerprint density at radius 3 is 2.40 bits per heavy atom. The molecule has 4 rings (SSSR count). The molecule has 5 nitrogen and oxygen atoms in total. The summed E-state index contributed by atoms with van der Waals surface area (Å²) in [6.07, 6.45) is 0.126. The van der Waals surface area contributed by atoms with Gasteiger partial charge in [-0.05, 0) is 38.1 Å². The van der Waals surface area contributed by atoms with Crippen LogP contribution in [0.15, 0.2) is 60.0 Å². The summed E-state index contributed by atoms with van der Waals surface area (Å²) in [5.74, 6) is 0.885. The summed E-state index contributed by atoms with van der Waals surface area (Å²) in [6, 6.07) is 17.7. The lowest BCUT2D eigenvalue weighted by atomic mass is 10.1. The largest absolute Gasteiger partial charge is 0.491 e. The van der Waals surface area contributed by atoms with E-state index in [1.165, 1.54) is 0 Å². The molecule has 156 valence electrons. The van der Waals surface area contributed by atoms with Gasteiger partial charge in [0.05, 0.1) is 18.3 Å². The lowest BCUT2D eigenvalue weighted by Crippen LogP contribution is -2.48. The van der Waals surface area contributed by atoms with E-state index in [1.807, 2.05) is 61.2 Å². The normalized spacial score (nSPS) is 14.8. The number of thiazole rings is 1. The van der Waals surface area contributed by atoms with Crippen LogP contribution in [0, 0.1) is 0 Å². The Bertz CT molecular complexity index is 962. The highest BCUT2D eigenvalue weighted by atomic mass is 32.1. The van der Waals surface area contributed by atoms with Crippen molar-refractivity contribution >= 4 is 17.2 Å². The van der Waals surface area contributed by atoms with Crippen molar-refractivity contribution in [2.75, 3.05) is 26.2 Å². The average molecular weight is 422 g/mol. The van der Waals surface area contributed by atoms with Crippen molar-refractivity contribution < 1.29 is 9.53 Å². The number of nitrogens with zero attached hydrogens (tertiary/aromatic N) is 3. The molecule has 0 N–H and O–H groups in total. The SMILES string of the molecule is CC(C)Oc1ccc(C(=O)N2CCN(Cc3nc(-c4ccccc4)cs3)CC2)cc1. The number of hydrogen-bond acceptors (Lipinski definition) is 5. The molecule has 0 radical (unpaired) electrons. The number of amides is 1. The molecule has 30 heavy (non-hydrogen) atoms. The van der Waals surface area contributed by atoms with Gasteiger partial charge in [-0.2, -0.15) is 0 Å². The fraction of sp³-hybridized carbons (Fsp3) is 0.333. The van der Waals surface area contributed by atoms with Crippen LogP contribution in [0.4, 0.5) is 0 Å². The van der Waals surface area contributed by atoms with Gasteiger partial charge >= 0.3 is 0 Å². The van der Waals surface area contributed by atoms with Crippen molar-refractivity contribution in [1.82, 2.24) is 14.8 Å². The predicted octanol–water partition coefficient (Wildman–Crippen LogP) is 4.56. The number of hydrogen-bond donors (Lipinski definition) is 0. The van der Waals surface area contributed by atoms with E-state index in [4.69, 9.17) is 9.72 Å². The molecule has 0 saturated carbocycles. The van der Waals surface area contributed by atoms with Gasteiger partial charge in [0.25, 0.3) is 5.91 Å². The zero-order valence-corrected chi connectivity index (χ0v) is 18.3. The summed E-state index contributed by atoms with van der Waals surface area (Å²) < 4.78 is 5.66. The second kappa shape index (κ2) is 9.41. The molecule has 1 saturated heterocycles. The molecule has 2 heterocycles. The molecular weight excluding hydrogens is 394 g/mol. The van der Waals surface area contributed by atoms with Crippen molar-refractivity contribution in [2.24, 2.45) is 0 Å². The van der Waals surface area contributed by atoms with E-state index in [0.29, 0.717) is 5.56 Å². The molecule has 0 spiro atoms. The van der Waals surface area contributed by atoms with Crippen molar-refractivity contribution in [1.29, 1.82) is 0 Å². The number of carbonyl (C=O) groups excluding carboxylic acids is 1. The van der Waals surface area contributed by atoms with Crippen LogP contribution in [0.5, 0.6) is 5.75 Å². The Morgan fingerprint density at radius 1 is 1.03 bits per heavy atom. The molecule has 0 atom stereocenters. The molecule has 6 heteroatoms. The van der Waals surface area contributed by atoms with Crippen LogP contribution in [-0.2, 0) is 6.54 Å². The second-order valence-corrected chi connectivity index (χ2v) is 8.69. The summed E-state index contributed by atoms with van der Waals surface area (Å²) in [5, 5.41) is 3.24. The molecule has 0 bridgehead atoms. The maximum Gasteiger partial charge on any atom is 0.253 e. The van der Waals surface area contributed by atoms with Crippen molar-refractivity contribution in [3.05, 3.63) is 70.5 Å². The maximum absolute atomic E-state index is 12.8. The van der Waals surface area contributed by atoms with Crippen molar-refractivity contribution in [3.63, 3.8) is 0 Å². The zero-order valence-electron chi connectivity index (χ0n) is 17.5. The Balaban J connectivity index is 1.30. The molecule has 2 aromatic carbocycles. The monoisotopic (exact) mass is 421 g/mol. The molecule has 1 aliphatic rings. The van der Waals surface area contributed by atoms with Crippen LogP contribution < -0.4 is 4.74 Å². The van der Waals surface area contributed by atoms with E-state index >= 15 is 0 Å². The minimum absolute atomic E-state index is 0.0892. The van der Waals surface area contributed by atoms with E-state index in [9.17, 15) is 4.79 Å². The summed E-state index contributed by atoms with van der Waals surface area (Å²) in [7, 11) is 0. The zero-order chi connectivity index (χ0) is 20.9. The van der Waals surface area contributed by atoms with E-state index in [0.717, 1.165) is 54.7 Å². The third-order valence-electron chi connectivity index (χ3n) is 5.11. The van der Waals surface area contributed by atoms with Gasteiger partial charge in [-0.15, -0.1) is 11.3 Å². The van der Waals surface area contributed by atoms with Crippen LogP contribution in [0.1, 0.15) is 29.2 Å². The van der Waals surface area contributed by atoms with Crippen molar-refractivity contribution in [3.8, 4) is 17.0 Å². The first-order valence-electron chi connectivity index (χ1n) is 10.4. The Hall–Kier alpha value is -2.70. The lowest BCUT2D eigenvalue weighted by Gasteiger charge is -2.34. The van der Waals surface area contributed by atoms with E-state index in [-0.39, 0.29) is 12.0 Å². The highest BCUT2D eigenvalue weighted by Gasteiger charge is 2.23. The fourth-order valence-electron chi connectivity index (χ4n) is 3.56. The topological polar surface area (TPSA) is 45.7 Å². The smallest absolute Gasteiger partial charge is 0.253 e. The Kier molecular flexibility index (Phi) is 6.45. The number of piperazine rings is 1. The van der Waals surface area contributed by atoms with Gasteiger partial charge < -0.3 is 9.64 Å². The van der Waals surface area contributed by atoms with Crippen LogP contribution in [0.3, 0.4) is 0 Å². The van der Waals surface area contributed by atoms with Gasteiger partial charge in [-0.1, -0.05) is 30.3 Å². The molecule has 1 aromatic heterocycles. The first-order chi connectivity index (χ1) is 14.6. The van der Waals surface area contributed by atoms with E-state index in [1.54, 1.807) is 11.3 Å². The van der Waals surface area contributed by atoms with E-state index < -0.39 is 0 Å². The summed E-state index contributed by atoms with van der Waals surface area (Å²) in [5.41, 5.74) is 2.90. The van der Waals surface area contributed by atoms with E-state index in [2.05, 4.69) is 22.4 Å². The molecular formula is C24H27N3O2S. The van der Waals surface area contributed by atoms with Gasteiger partial charge in [0, 0.05) is 42.7 Å². The van der Waals surface area contributed by atoms with Gasteiger partial charge in [0.2, 0.25) is 0 Å². The molecule has 0 aliphatic carbocycles. The number of aromatic nitrogens is 1. The van der Waals surface area contributed by atoms with Crippen molar-refractivity contribution in [2.45, 2.75) is 26.5 Å². The highest BCUT2D eigenvalue weighted by Crippen LogP contribution is 2.23.